The number of imidazole rings is 1. The number of hydrogen-bond donors (Lipinski definition) is 2. The van der Waals surface area contributed by atoms with Crippen molar-refractivity contribution >= 4 is 28.3 Å². The minimum atomic E-state index is -2.86. The van der Waals surface area contributed by atoms with Gasteiger partial charge < -0.3 is 24.3 Å². The maximum atomic E-state index is 13.3. The fraction of sp³-hybridized carbons (Fsp3) is 0.462. The number of likely N-dealkylation sites (tertiary alicyclic amines) is 1. The van der Waals surface area contributed by atoms with Gasteiger partial charge in [0.15, 0.2) is 0 Å². The molecule has 3 aliphatic heterocycles. The maximum Gasteiger partial charge on any atom is 0.410 e. The number of ether oxygens (including phenoxy) is 3. The van der Waals surface area contributed by atoms with Crippen molar-refractivity contribution in [3.63, 3.8) is 0 Å². The third-order valence-electron chi connectivity index (χ3n) is 10.6. The molecule has 2 N–H and O–H groups in total. The van der Waals surface area contributed by atoms with Gasteiger partial charge in [0.25, 0.3) is 0 Å². The number of hydrogen-bond acceptors (Lipinski definition) is 7. The van der Waals surface area contributed by atoms with Crippen molar-refractivity contribution in [2.45, 2.75) is 83.7 Å². The van der Waals surface area contributed by atoms with Crippen LogP contribution in [-0.2, 0) is 22.5 Å². The van der Waals surface area contributed by atoms with Crippen molar-refractivity contribution in [2.75, 3.05) is 19.8 Å². The number of aliphatic hydroxyl groups is 1. The summed E-state index contributed by atoms with van der Waals surface area (Å²) in [7, 11) is 0. The van der Waals surface area contributed by atoms with Crippen LogP contribution in [0.15, 0.2) is 53.7 Å². The van der Waals surface area contributed by atoms with Crippen LogP contribution in [0.25, 0.3) is 33.2 Å². The number of aromatic nitrogens is 2. The monoisotopic (exact) mass is 684 g/mol. The third-order valence-corrected chi connectivity index (χ3v) is 10.6. The average molecular weight is 685 g/mol. The lowest BCUT2D eigenvalue weighted by atomic mass is 9.90. The first-order valence-electron chi connectivity index (χ1n) is 17.5. The highest BCUT2D eigenvalue weighted by atomic mass is 19.3. The van der Waals surface area contributed by atoms with E-state index in [2.05, 4.69) is 46.1 Å². The summed E-state index contributed by atoms with van der Waals surface area (Å²) in [6.45, 7) is 3.36. The van der Waals surface area contributed by atoms with Crippen molar-refractivity contribution in [3.05, 3.63) is 65.6 Å². The number of amides is 1. The number of aromatic amines is 1. The summed E-state index contributed by atoms with van der Waals surface area (Å²) in [6, 6.07) is 14.4. The molecule has 1 aromatic heterocycles. The number of rotatable bonds is 7. The van der Waals surface area contributed by atoms with E-state index in [1.165, 1.54) is 0 Å². The highest BCUT2D eigenvalue weighted by Crippen LogP contribution is 2.45. The zero-order chi connectivity index (χ0) is 34.7. The summed E-state index contributed by atoms with van der Waals surface area (Å²) in [4.78, 5) is 28.1. The highest BCUT2D eigenvalue weighted by Gasteiger charge is 2.42. The molecule has 2 fully saturated rings. The van der Waals surface area contributed by atoms with E-state index in [0.717, 1.165) is 86.5 Å². The molecule has 4 atom stereocenters. The number of benzene rings is 3. The summed E-state index contributed by atoms with van der Waals surface area (Å²) in [6.07, 6.45) is 5.47. The normalized spacial score (nSPS) is 22.8. The Labute approximate surface area is 289 Å². The SMILES string of the molecule is CC(C)(C)OC(=O)N1C[C@@H](COC(F)F)C[C@H]1C1=Nc2ccc3cc4c(cc3c2C1)OCc1cc(-c2cnc([C@H]3CC[C@@H](CO)C3)[nH]2)ccc1-4. The van der Waals surface area contributed by atoms with Crippen LogP contribution in [0, 0.1) is 11.8 Å². The zero-order valence-corrected chi connectivity index (χ0v) is 28.5. The lowest BCUT2D eigenvalue weighted by Crippen LogP contribution is -2.43. The highest BCUT2D eigenvalue weighted by molar-refractivity contribution is 6.06. The van der Waals surface area contributed by atoms with Crippen molar-refractivity contribution in [2.24, 2.45) is 16.8 Å². The van der Waals surface area contributed by atoms with E-state index in [4.69, 9.17) is 19.5 Å². The van der Waals surface area contributed by atoms with E-state index < -0.39 is 18.3 Å². The van der Waals surface area contributed by atoms with Crippen LogP contribution in [-0.4, -0.2) is 69.8 Å². The molecule has 1 aliphatic carbocycles. The maximum absolute atomic E-state index is 13.3. The second-order valence-corrected chi connectivity index (χ2v) is 15.2. The second kappa shape index (κ2) is 12.8. The number of carbonyl (C=O) groups is 1. The Morgan fingerprint density at radius 1 is 1.10 bits per heavy atom. The first-order valence-corrected chi connectivity index (χ1v) is 17.5. The molecular weight excluding hydrogens is 642 g/mol. The molecule has 1 amide bonds. The molecule has 0 spiro atoms. The molecule has 0 unspecified atom stereocenters. The predicted molar refractivity (Wildman–Crippen MR) is 186 cm³/mol. The number of halogens is 2. The molecule has 0 radical (unpaired) electrons. The Kier molecular flexibility index (Phi) is 8.38. The number of aliphatic imine (C=N–C) groups is 1. The van der Waals surface area contributed by atoms with Gasteiger partial charge in [-0.3, -0.25) is 9.89 Å². The van der Waals surface area contributed by atoms with Gasteiger partial charge in [0, 0.05) is 42.7 Å². The van der Waals surface area contributed by atoms with Crippen molar-refractivity contribution in [3.8, 4) is 28.1 Å². The fourth-order valence-electron chi connectivity index (χ4n) is 8.16. The van der Waals surface area contributed by atoms with Gasteiger partial charge in [0.2, 0.25) is 0 Å². The van der Waals surface area contributed by atoms with E-state index >= 15 is 0 Å². The van der Waals surface area contributed by atoms with E-state index in [-0.39, 0.29) is 31.7 Å². The molecule has 4 aromatic rings. The molecular formula is C39H42F2N4O5. The molecule has 3 aromatic carbocycles. The minimum absolute atomic E-state index is 0.141. The molecule has 1 saturated carbocycles. The van der Waals surface area contributed by atoms with Gasteiger partial charge in [-0.15, -0.1) is 0 Å². The number of nitrogens with zero attached hydrogens (tertiary/aromatic N) is 3. The summed E-state index contributed by atoms with van der Waals surface area (Å²) in [5, 5.41) is 11.7. The van der Waals surface area contributed by atoms with Crippen LogP contribution in [0.1, 0.15) is 69.3 Å². The van der Waals surface area contributed by atoms with Crippen molar-refractivity contribution in [1.29, 1.82) is 0 Å². The van der Waals surface area contributed by atoms with Crippen LogP contribution in [0.3, 0.4) is 0 Å². The van der Waals surface area contributed by atoms with Crippen LogP contribution >= 0.6 is 0 Å². The Morgan fingerprint density at radius 2 is 1.96 bits per heavy atom. The van der Waals surface area contributed by atoms with Crippen molar-refractivity contribution < 1.29 is 32.9 Å². The summed E-state index contributed by atoms with van der Waals surface area (Å²) in [5.41, 5.74) is 7.33. The molecule has 4 aliphatic rings. The number of nitrogens with one attached hydrogen (secondary N) is 1. The Balaban J connectivity index is 1.04. The number of carbonyl (C=O) groups excluding carboxylic acids is 1. The Bertz CT molecular complexity index is 1980. The summed E-state index contributed by atoms with van der Waals surface area (Å²) >= 11 is 0. The molecule has 4 heterocycles. The fourth-order valence-corrected chi connectivity index (χ4v) is 8.16. The molecule has 11 heteroatoms. The minimum Gasteiger partial charge on any atom is -0.488 e. The van der Waals surface area contributed by atoms with Gasteiger partial charge in [-0.2, -0.15) is 8.78 Å². The van der Waals surface area contributed by atoms with E-state index in [0.29, 0.717) is 31.3 Å². The van der Waals surface area contributed by atoms with Crippen LogP contribution in [0.2, 0.25) is 0 Å². The first-order chi connectivity index (χ1) is 24.0. The van der Waals surface area contributed by atoms with Gasteiger partial charge in [-0.05, 0) is 110 Å². The zero-order valence-electron chi connectivity index (χ0n) is 28.5. The topological polar surface area (TPSA) is 109 Å². The standard InChI is InChI=1S/C39H42F2N4O5/c1-39(2,3)50-38(47)45-17-22(19-49-37(40)41)11-34(45)32-14-29-28-15-35-30(13-23(28)7-9-31(29)43-32)27-8-6-24(12-26(27)20-48-35)33-16-42-36(44-33)25-5-4-21(10-25)18-46/h6-9,12-13,15-16,21-22,25,34,37,46H,4-5,10-11,14,17-20H2,1-3H3,(H,42,44)/t21-,22+,25+,34+/m1/s1. The van der Waals surface area contributed by atoms with Gasteiger partial charge >= 0.3 is 12.7 Å². The molecule has 1 saturated heterocycles. The summed E-state index contributed by atoms with van der Waals surface area (Å²) < 4.78 is 42.5. The predicted octanol–water partition coefficient (Wildman–Crippen LogP) is 8.16. The molecule has 9 nitrogen and oxygen atoms in total. The van der Waals surface area contributed by atoms with Gasteiger partial charge in [-0.1, -0.05) is 18.2 Å². The average Bonchev–Trinajstić information content (AvgIpc) is 3.90. The van der Waals surface area contributed by atoms with Crippen LogP contribution in [0.5, 0.6) is 5.75 Å². The van der Waals surface area contributed by atoms with Crippen molar-refractivity contribution in [1.82, 2.24) is 14.9 Å². The molecule has 0 bridgehead atoms. The van der Waals surface area contributed by atoms with Crippen LogP contribution in [0.4, 0.5) is 19.3 Å². The second-order valence-electron chi connectivity index (χ2n) is 15.2. The number of aliphatic hydroxyl groups excluding tert-OH is 1. The Hall–Kier alpha value is -4.35. The largest absolute Gasteiger partial charge is 0.488 e. The molecule has 8 rings (SSSR count). The quantitative estimate of drug-likeness (QED) is 0.203. The van der Waals surface area contributed by atoms with E-state index in [1.54, 1.807) is 4.90 Å². The number of H-pyrrole nitrogens is 1. The summed E-state index contributed by atoms with van der Waals surface area (Å²) in [5.74, 6) is 2.26. The van der Waals surface area contributed by atoms with Gasteiger partial charge in [0.05, 0.1) is 30.2 Å². The van der Waals surface area contributed by atoms with Crippen LogP contribution < -0.4 is 4.74 Å². The Morgan fingerprint density at radius 3 is 2.74 bits per heavy atom. The van der Waals surface area contributed by atoms with E-state index in [1.807, 2.05) is 33.0 Å². The van der Waals surface area contributed by atoms with Gasteiger partial charge in [-0.25, -0.2) is 9.78 Å². The smallest absolute Gasteiger partial charge is 0.410 e. The number of alkyl halides is 2. The van der Waals surface area contributed by atoms with E-state index in [9.17, 15) is 18.7 Å². The molecule has 50 heavy (non-hydrogen) atoms. The third kappa shape index (κ3) is 6.26. The first kappa shape index (κ1) is 32.8. The lowest BCUT2D eigenvalue weighted by Gasteiger charge is -2.28. The molecule has 262 valence electrons. The lowest BCUT2D eigenvalue weighted by molar-refractivity contribution is -0.137. The van der Waals surface area contributed by atoms with Gasteiger partial charge in [0.1, 0.15) is 23.8 Å². The number of fused-ring (bicyclic) bond motifs is 6.